The molecule has 1 aromatic heterocycles. The molecular weight excluding hydrogens is 218 g/mol. The van der Waals surface area contributed by atoms with Gasteiger partial charge in [0, 0.05) is 11.8 Å². The molecule has 4 heteroatoms. The van der Waals surface area contributed by atoms with Crippen LogP contribution >= 0.6 is 0 Å². The Labute approximate surface area is 99.0 Å². The van der Waals surface area contributed by atoms with Crippen LogP contribution in [0.1, 0.15) is 66.1 Å². The highest BCUT2D eigenvalue weighted by Crippen LogP contribution is 2.57. The molecule has 1 heterocycles. The molecule has 0 radical (unpaired) electrons. The second-order valence-electron chi connectivity index (χ2n) is 5.77. The van der Waals surface area contributed by atoms with Crippen LogP contribution in [0, 0.1) is 11.8 Å². The number of fused-ring (bicyclic) bond motifs is 1. The quantitative estimate of drug-likeness (QED) is 0.871. The Morgan fingerprint density at radius 2 is 1.88 bits per heavy atom. The predicted octanol–water partition coefficient (Wildman–Crippen LogP) is 2.76. The van der Waals surface area contributed by atoms with Crippen LogP contribution in [0.3, 0.4) is 0 Å². The molecule has 0 saturated heterocycles. The minimum atomic E-state index is -0.964. The van der Waals surface area contributed by atoms with E-state index in [1.54, 1.807) is 0 Å². The summed E-state index contributed by atoms with van der Waals surface area (Å²) in [6.45, 7) is 0. The second-order valence-corrected chi connectivity index (χ2v) is 5.77. The third-order valence-electron chi connectivity index (χ3n) is 4.42. The zero-order chi connectivity index (χ0) is 11.6. The number of rotatable bonds is 3. The number of aromatic carboxylic acids is 1. The molecule has 0 bridgehead atoms. The van der Waals surface area contributed by atoms with Gasteiger partial charge in [-0.15, -0.1) is 0 Å². The van der Waals surface area contributed by atoms with E-state index in [1.807, 2.05) is 0 Å². The Morgan fingerprint density at radius 3 is 2.47 bits per heavy atom. The van der Waals surface area contributed by atoms with Crippen molar-refractivity contribution in [3.8, 4) is 0 Å². The van der Waals surface area contributed by atoms with Crippen molar-refractivity contribution in [2.45, 2.75) is 43.9 Å². The topological polar surface area (TPSA) is 63.3 Å². The Bertz CT molecular complexity index is 479. The number of hydrogen-bond donors (Lipinski definition) is 1. The van der Waals surface area contributed by atoms with Gasteiger partial charge in [0.05, 0.1) is 5.69 Å². The largest absolute Gasteiger partial charge is 0.475 e. The van der Waals surface area contributed by atoms with Crippen molar-refractivity contribution >= 4 is 5.97 Å². The molecule has 0 amide bonds. The number of carboxylic acids is 1. The van der Waals surface area contributed by atoms with Gasteiger partial charge in [-0.05, 0) is 43.9 Å². The summed E-state index contributed by atoms with van der Waals surface area (Å²) in [6, 6.07) is 0. The fourth-order valence-electron chi connectivity index (χ4n) is 3.23. The van der Waals surface area contributed by atoms with Crippen molar-refractivity contribution in [1.82, 2.24) is 4.98 Å². The molecule has 3 saturated carbocycles. The molecule has 4 nitrogen and oxygen atoms in total. The molecule has 90 valence electrons. The molecule has 3 aliphatic carbocycles. The SMILES string of the molecule is O=C(O)c1oc(C2CC3CC3C2)nc1C1CC1. The van der Waals surface area contributed by atoms with Crippen LogP contribution in [0.15, 0.2) is 4.42 Å². The fourth-order valence-corrected chi connectivity index (χ4v) is 3.23. The van der Waals surface area contributed by atoms with Crippen LogP contribution in [-0.2, 0) is 0 Å². The zero-order valence-corrected chi connectivity index (χ0v) is 9.56. The average Bonchev–Trinajstić information content (AvgIpc) is 3.20. The minimum absolute atomic E-state index is 0.100. The van der Waals surface area contributed by atoms with Gasteiger partial charge in [0.2, 0.25) is 5.76 Å². The van der Waals surface area contributed by atoms with E-state index in [1.165, 1.54) is 6.42 Å². The summed E-state index contributed by atoms with van der Waals surface area (Å²) in [5.74, 6) is 2.28. The molecule has 2 atom stereocenters. The Hall–Kier alpha value is -1.32. The smallest absolute Gasteiger partial charge is 0.373 e. The molecule has 17 heavy (non-hydrogen) atoms. The molecule has 2 unspecified atom stereocenters. The fraction of sp³-hybridized carbons (Fsp3) is 0.692. The number of oxazole rings is 1. The van der Waals surface area contributed by atoms with Crippen LogP contribution in [0.5, 0.6) is 0 Å². The van der Waals surface area contributed by atoms with Crippen molar-refractivity contribution in [3.63, 3.8) is 0 Å². The van der Waals surface area contributed by atoms with Gasteiger partial charge in [0.25, 0.3) is 0 Å². The summed E-state index contributed by atoms with van der Waals surface area (Å²) in [6.07, 6.45) is 5.77. The normalized spacial score (nSPS) is 34.7. The lowest BCUT2D eigenvalue weighted by atomic mass is 10.0. The second kappa shape index (κ2) is 3.12. The van der Waals surface area contributed by atoms with Crippen molar-refractivity contribution in [2.24, 2.45) is 11.8 Å². The van der Waals surface area contributed by atoms with E-state index in [2.05, 4.69) is 4.98 Å². The highest BCUT2D eigenvalue weighted by Gasteiger charge is 2.48. The van der Waals surface area contributed by atoms with Gasteiger partial charge in [0.1, 0.15) is 0 Å². The van der Waals surface area contributed by atoms with E-state index in [4.69, 9.17) is 9.52 Å². The Balaban J connectivity index is 1.66. The number of aromatic nitrogens is 1. The first-order chi connectivity index (χ1) is 8.22. The molecule has 0 spiro atoms. The van der Waals surface area contributed by atoms with Crippen LogP contribution in [-0.4, -0.2) is 16.1 Å². The van der Waals surface area contributed by atoms with E-state index in [0.29, 0.717) is 23.4 Å². The third kappa shape index (κ3) is 1.50. The number of nitrogens with zero attached hydrogens (tertiary/aromatic N) is 1. The van der Waals surface area contributed by atoms with Gasteiger partial charge < -0.3 is 9.52 Å². The lowest BCUT2D eigenvalue weighted by Gasteiger charge is -2.05. The Morgan fingerprint density at radius 1 is 1.18 bits per heavy atom. The van der Waals surface area contributed by atoms with Gasteiger partial charge in [-0.2, -0.15) is 0 Å². The first-order valence-corrected chi connectivity index (χ1v) is 6.46. The van der Waals surface area contributed by atoms with Gasteiger partial charge >= 0.3 is 5.97 Å². The highest BCUT2D eigenvalue weighted by molar-refractivity contribution is 5.86. The summed E-state index contributed by atoms with van der Waals surface area (Å²) < 4.78 is 5.52. The van der Waals surface area contributed by atoms with E-state index in [-0.39, 0.29) is 5.76 Å². The summed E-state index contributed by atoms with van der Waals surface area (Å²) in [4.78, 5) is 15.6. The van der Waals surface area contributed by atoms with Crippen LogP contribution < -0.4 is 0 Å². The first kappa shape index (κ1) is 9.68. The molecule has 0 aliphatic heterocycles. The maximum atomic E-state index is 11.1. The number of hydrogen-bond acceptors (Lipinski definition) is 3. The van der Waals surface area contributed by atoms with Crippen molar-refractivity contribution in [3.05, 3.63) is 17.3 Å². The summed E-state index contributed by atoms with van der Waals surface area (Å²) >= 11 is 0. The van der Waals surface area contributed by atoms with Gasteiger partial charge in [-0.1, -0.05) is 0 Å². The first-order valence-electron chi connectivity index (χ1n) is 6.46. The summed E-state index contributed by atoms with van der Waals surface area (Å²) in [5, 5.41) is 9.13. The van der Waals surface area contributed by atoms with Gasteiger partial charge in [-0.3, -0.25) is 0 Å². The van der Waals surface area contributed by atoms with Crippen molar-refractivity contribution < 1.29 is 14.3 Å². The molecule has 3 fully saturated rings. The van der Waals surface area contributed by atoms with Crippen molar-refractivity contribution in [1.29, 1.82) is 0 Å². The van der Waals surface area contributed by atoms with Crippen LogP contribution in [0.2, 0.25) is 0 Å². The number of carbonyl (C=O) groups is 1. The lowest BCUT2D eigenvalue weighted by molar-refractivity contribution is 0.0658. The number of carboxylic acid groups (broad SMARTS) is 1. The molecule has 4 rings (SSSR count). The summed E-state index contributed by atoms with van der Waals surface area (Å²) in [7, 11) is 0. The lowest BCUT2D eigenvalue weighted by Crippen LogP contribution is -1.98. The van der Waals surface area contributed by atoms with Gasteiger partial charge in [0.15, 0.2) is 5.89 Å². The van der Waals surface area contributed by atoms with E-state index < -0.39 is 5.97 Å². The van der Waals surface area contributed by atoms with Crippen molar-refractivity contribution in [2.75, 3.05) is 0 Å². The minimum Gasteiger partial charge on any atom is -0.475 e. The zero-order valence-electron chi connectivity index (χ0n) is 9.56. The average molecular weight is 233 g/mol. The van der Waals surface area contributed by atoms with E-state index in [9.17, 15) is 4.79 Å². The van der Waals surface area contributed by atoms with Gasteiger partial charge in [-0.25, -0.2) is 9.78 Å². The molecule has 3 aliphatic rings. The Kier molecular flexibility index (Phi) is 1.78. The summed E-state index contributed by atoms with van der Waals surface area (Å²) in [5.41, 5.74) is 0.702. The maximum Gasteiger partial charge on any atom is 0.373 e. The predicted molar refractivity (Wildman–Crippen MR) is 59.0 cm³/mol. The van der Waals surface area contributed by atoms with Crippen LogP contribution in [0.4, 0.5) is 0 Å². The molecule has 0 aromatic carbocycles. The molecule has 1 N–H and O–H groups in total. The highest BCUT2D eigenvalue weighted by atomic mass is 16.4. The third-order valence-corrected chi connectivity index (χ3v) is 4.42. The molecular formula is C13H15NO3. The van der Waals surface area contributed by atoms with Crippen LogP contribution in [0.25, 0.3) is 0 Å². The standard InChI is InChI=1S/C13H15NO3/c15-13(16)11-10(6-1-2-6)14-12(17-11)9-4-7-3-8(7)5-9/h6-9H,1-5H2,(H,15,16). The van der Waals surface area contributed by atoms with E-state index >= 15 is 0 Å². The van der Waals surface area contributed by atoms with E-state index in [0.717, 1.165) is 37.5 Å². The maximum absolute atomic E-state index is 11.1. The monoisotopic (exact) mass is 233 g/mol. The molecule has 1 aromatic rings.